The van der Waals surface area contributed by atoms with Crippen molar-refractivity contribution >= 4 is 8.32 Å². The van der Waals surface area contributed by atoms with Crippen molar-refractivity contribution in [3.63, 3.8) is 0 Å². The molecule has 0 spiro atoms. The minimum absolute atomic E-state index is 0.249. The van der Waals surface area contributed by atoms with Crippen LogP contribution in [0.5, 0.6) is 0 Å². The third-order valence-corrected chi connectivity index (χ3v) is 4.29. The molecule has 0 unspecified atom stereocenters. The smallest absolute Gasteiger partial charge is 0.184 e. The monoisotopic (exact) mass is 318 g/mol. The molecule has 0 fully saturated rings. The molecule has 0 aromatic heterocycles. The second-order valence-electron chi connectivity index (χ2n) is 6.96. The van der Waals surface area contributed by atoms with E-state index in [2.05, 4.69) is 40.4 Å². The Morgan fingerprint density at radius 1 is 0.762 bits per heavy atom. The third-order valence-electron chi connectivity index (χ3n) is 3.24. The fourth-order valence-electron chi connectivity index (χ4n) is 2.41. The molecule has 0 radical (unpaired) electrons. The van der Waals surface area contributed by atoms with Gasteiger partial charge in [-0.3, -0.25) is 0 Å². The van der Waals surface area contributed by atoms with Crippen LogP contribution in [0.2, 0.25) is 19.6 Å². The van der Waals surface area contributed by atoms with E-state index < -0.39 is 8.32 Å². The van der Waals surface area contributed by atoms with Crippen molar-refractivity contribution in [2.45, 2.75) is 84.5 Å². The summed E-state index contributed by atoms with van der Waals surface area (Å²) in [6.07, 6.45) is 6.68. The highest BCUT2D eigenvalue weighted by Gasteiger charge is 2.36. The number of unbranched alkanes of at least 4 members (excludes halogenated alkanes) is 2. The lowest BCUT2D eigenvalue weighted by Gasteiger charge is -2.39. The van der Waals surface area contributed by atoms with E-state index in [-0.39, 0.29) is 5.60 Å². The number of hydrogen-bond acceptors (Lipinski definition) is 3. The van der Waals surface area contributed by atoms with Crippen molar-refractivity contribution in [2.75, 3.05) is 26.4 Å². The lowest BCUT2D eigenvalue weighted by atomic mass is 10.0. The highest BCUT2D eigenvalue weighted by Crippen LogP contribution is 2.25. The van der Waals surface area contributed by atoms with Gasteiger partial charge in [-0.2, -0.15) is 0 Å². The zero-order valence-corrected chi connectivity index (χ0v) is 16.3. The van der Waals surface area contributed by atoms with Crippen molar-refractivity contribution in [2.24, 2.45) is 0 Å². The highest BCUT2D eigenvalue weighted by molar-refractivity contribution is 6.69. The lowest BCUT2D eigenvalue weighted by molar-refractivity contribution is -0.0891. The fourth-order valence-corrected chi connectivity index (χ4v) is 3.93. The molecule has 128 valence electrons. The average Bonchev–Trinajstić information content (AvgIpc) is 2.38. The van der Waals surface area contributed by atoms with Crippen LogP contribution in [0.25, 0.3) is 0 Å². The zero-order valence-electron chi connectivity index (χ0n) is 15.3. The molecule has 0 aliphatic heterocycles. The Hall–Kier alpha value is 0.0969. The Kier molecular flexibility index (Phi) is 11.7. The molecule has 0 saturated heterocycles. The van der Waals surface area contributed by atoms with Gasteiger partial charge in [-0.1, -0.05) is 40.0 Å². The van der Waals surface area contributed by atoms with E-state index >= 15 is 0 Å². The second kappa shape index (κ2) is 11.6. The minimum Gasteiger partial charge on any atom is -0.407 e. The Morgan fingerprint density at radius 3 is 1.57 bits per heavy atom. The molecule has 0 aliphatic carbocycles. The Balaban J connectivity index is 4.61. The van der Waals surface area contributed by atoms with Gasteiger partial charge in [0.1, 0.15) is 5.60 Å². The van der Waals surface area contributed by atoms with Crippen LogP contribution < -0.4 is 0 Å². The van der Waals surface area contributed by atoms with E-state index in [1.54, 1.807) is 0 Å². The van der Waals surface area contributed by atoms with Crippen LogP contribution in [-0.2, 0) is 13.9 Å². The molecule has 0 rings (SSSR count). The van der Waals surface area contributed by atoms with Gasteiger partial charge in [0.15, 0.2) is 8.32 Å². The van der Waals surface area contributed by atoms with Gasteiger partial charge in [0.2, 0.25) is 0 Å². The molecule has 0 heterocycles. The predicted octanol–water partition coefficient (Wildman–Crippen LogP) is 5.01. The van der Waals surface area contributed by atoms with Crippen molar-refractivity contribution in [1.82, 2.24) is 0 Å². The summed E-state index contributed by atoms with van der Waals surface area (Å²) in [5.74, 6) is 0. The van der Waals surface area contributed by atoms with Crippen molar-refractivity contribution in [1.29, 1.82) is 0 Å². The van der Waals surface area contributed by atoms with E-state index in [9.17, 15) is 0 Å². The van der Waals surface area contributed by atoms with Crippen LogP contribution >= 0.6 is 0 Å². The van der Waals surface area contributed by atoms with Gasteiger partial charge in [-0.25, -0.2) is 0 Å². The molecular weight excluding hydrogens is 280 g/mol. The number of rotatable bonds is 14. The van der Waals surface area contributed by atoms with Gasteiger partial charge in [0, 0.05) is 13.2 Å². The molecule has 0 aromatic carbocycles. The van der Waals surface area contributed by atoms with Crippen LogP contribution in [0.3, 0.4) is 0 Å². The molecule has 0 aromatic rings. The van der Waals surface area contributed by atoms with Crippen LogP contribution in [-0.4, -0.2) is 40.3 Å². The molecule has 3 nitrogen and oxygen atoms in total. The summed E-state index contributed by atoms with van der Waals surface area (Å²) in [6, 6.07) is 0. The maximum atomic E-state index is 6.52. The second-order valence-corrected chi connectivity index (χ2v) is 11.4. The highest BCUT2D eigenvalue weighted by atomic mass is 28.4. The Bertz CT molecular complexity index is 227. The Labute approximate surface area is 133 Å². The largest absolute Gasteiger partial charge is 0.407 e. The average molecular weight is 319 g/mol. The standard InChI is InChI=1S/C17H38O3Si/c1-7-10-13-18-15-17(12-9-3,20-21(4,5)6)16-19-14-11-8-2/h7-16H2,1-6H3. The molecule has 0 saturated carbocycles. The Morgan fingerprint density at radius 2 is 1.24 bits per heavy atom. The first-order valence-corrected chi connectivity index (χ1v) is 12.2. The first kappa shape index (κ1) is 21.1. The SMILES string of the molecule is CCCCOCC(CCC)(COCCCC)O[Si](C)(C)C. The van der Waals surface area contributed by atoms with Crippen LogP contribution in [0, 0.1) is 0 Å². The zero-order chi connectivity index (χ0) is 16.2. The van der Waals surface area contributed by atoms with E-state index in [1.807, 2.05) is 0 Å². The summed E-state index contributed by atoms with van der Waals surface area (Å²) >= 11 is 0. The first-order chi connectivity index (χ1) is 9.89. The van der Waals surface area contributed by atoms with E-state index in [1.165, 1.54) is 12.8 Å². The number of ether oxygens (including phenoxy) is 2. The fraction of sp³-hybridized carbons (Fsp3) is 1.00. The molecule has 0 aliphatic rings. The maximum absolute atomic E-state index is 6.52. The summed E-state index contributed by atoms with van der Waals surface area (Å²) < 4.78 is 18.3. The van der Waals surface area contributed by atoms with Gasteiger partial charge in [0.25, 0.3) is 0 Å². The summed E-state index contributed by atoms with van der Waals surface area (Å²) in [7, 11) is -1.63. The van der Waals surface area contributed by atoms with Crippen molar-refractivity contribution < 1.29 is 13.9 Å². The van der Waals surface area contributed by atoms with Crippen molar-refractivity contribution in [3.8, 4) is 0 Å². The molecule has 0 N–H and O–H groups in total. The minimum atomic E-state index is -1.63. The third kappa shape index (κ3) is 11.3. The summed E-state index contributed by atoms with van der Waals surface area (Å²) in [5, 5.41) is 0. The van der Waals surface area contributed by atoms with Crippen LogP contribution in [0.15, 0.2) is 0 Å². The molecule has 0 atom stereocenters. The van der Waals surface area contributed by atoms with Crippen molar-refractivity contribution in [3.05, 3.63) is 0 Å². The van der Waals surface area contributed by atoms with Crippen LogP contribution in [0.4, 0.5) is 0 Å². The topological polar surface area (TPSA) is 27.7 Å². The van der Waals surface area contributed by atoms with E-state index in [4.69, 9.17) is 13.9 Å². The summed E-state index contributed by atoms with van der Waals surface area (Å²) in [4.78, 5) is 0. The molecule has 21 heavy (non-hydrogen) atoms. The molecular formula is C17H38O3Si. The van der Waals surface area contributed by atoms with Gasteiger partial charge in [-0.05, 0) is 38.9 Å². The van der Waals surface area contributed by atoms with E-state index in [0.717, 1.165) is 38.9 Å². The predicted molar refractivity (Wildman–Crippen MR) is 93.5 cm³/mol. The van der Waals surface area contributed by atoms with Gasteiger partial charge >= 0.3 is 0 Å². The normalized spacial score (nSPS) is 12.9. The van der Waals surface area contributed by atoms with Gasteiger partial charge in [0.05, 0.1) is 13.2 Å². The molecule has 4 heteroatoms. The summed E-state index contributed by atoms with van der Waals surface area (Å²) in [5.41, 5.74) is -0.249. The number of hydrogen-bond donors (Lipinski definition) is 0. The lowest BCUT2D eigenvalue weighted by Crippen LogP contribution is -2.49. The van der Waals surface area contributed by atoms with E-state index in [0.29, 0.717) is 13.2 Å². The van der Waals surface area contributed by atoms with Gasteiger partial charge in [-0.15, -0.1) is 0 Å². The first-order valence-electron chi connectivity index (χ1n) is 8.74. The van der Waals surface area contributed by atoms with Crippen LogP contribution in [0.1, 0.15) is 59.3 Å². The quantitative estimate of drug-likeness (QED) is 0.333. The molecule has 0 amide bonds. The van der Waals surface area contributed by atoms with Gasteiger partial charge < -0.3 is 13.9 Å². The molecule has 0 bridgehead atoms. The maximum Gasteiger partial charge on any atom is 0.184 e. The summed E-state index contributed by atoms with van der Waals surface area (Å²) in [6.45, 7) is 16.3.